The predicted molar refractivity (Wildman–Crippen MR) is 116 cm³/mol. The van der Waals surface area contributed by atoms with Gasteiger partial charge in [-0.2, -0.15) is 4.98 Å². The Labute approximate surface area is 179 Å². The van der Waals surface area contributed by atoms with E-state index in [9.17, 15) is 14.7 Å². The summed E-state index contributed by atoms with van der Waals surface area (Å²) < 4.78 is 10.9. The normalized spacial score (nSPS) is 11.2. The van der Waals surface area contributed by atoms with Gasteiger partial charge in [-0.05, 0) is 35.4 Å². The van der Waals surface area contributed by atoms with Crippen molar-refractivity contribution in [3.63, 3.8) is 0 Å². The third kappa shape index (κ3) is 3.57. The molecule has 9 heteroatoms. The maximum Gasteiger partial charge on any atom is 0.332 e. The van der Waals surface area contributed by atoms with E-state index in [2.05, 4.69) is 20.9 Å². The van der Waals surface area contributed by atoms with E-state index in [-0.39, 0.29) is 23.8 Å². The van der Waals surface area contributed by atoms with Crippen LogP contribution in [0.5, 0.6) is 11.8 Å². The summed E-state index contributed by atoms with van der Waals surface area (Å²) in [6, 6.07) is 14.8. The van der Waals surface area contributed by atoms with Gasteiger partial charge in [-0.1, -0.05) is 40.2 Å². The summed E-state index contributed by atoms with van der Waals surface area (Å²) in [7, 11) is 3.00. The Balaban J connectivity index is 1.93. The summed E-state index contributed by atoms with van der Waals surface area (Å²) in [5, 5.41) is 9.39. The molecule has 0 aliphatic heterocycles. The fraction of sp³-hybridized carbons (Fsp3) is 0.190. The molecule has 8 nitrogen and oxygen atoms in total. The summed E-state index contributed by atoms with van der Waals surface area (Å²) in [5.74, 6) is 0.467. The molecule has 0 unspecified atom stereocenters. The van der Waals surface area contributed by atoms with E-state index in [4.69, 9.17) is 4.74 Å². The van der Waals surface area contributed by atoms with Crippen molar-refractivity contribution >= 4 is 27.1 Å². The van der Waals surface area contributed by atoms with Crippen LogP contribution in [-0.4, -0.2) is 23.8 Å². The van der Waals surface area contributed by atoms with Gasteiger partial charge in [-0.15, -0.1) is 0 Å². The molecule has 2 aromatic heterocycles. The molecule has 0 amide bonds. The Morgan fingerprint density at radius 2 is 1.77 bits per heavy atom. The highest BCUT2D eigenvalue weighted by Crippen LogP contribution is 2.26. The first-order valence-electron chi connectivity index (χ1n) is 9.17. The first-order valence-corrected chi connectivity index (χ1v) is 9.96. The highest BCUT2D eigenvalue weighted by atomic mass is 79.9. The number of aromatic nitrogens is 4. The Hall–Kier alpha value is -3.17. The average Bonchev–Trinajstić information content (AvgIpc) is 3.09. The molecule has 4 rings (SSSR count). The van der Waals surface area contributed by atoms with Crippen LogP contribution in [0.25, 0.3) is 11.2 Å². The van der Waals surface area contributed by atoms with Gasteiger partial charge >= 0.3 is 11.7 Å². The number of aliphatic hydroxyl groups is 1. The minimum Gasteiger partial charge on any atom is -0.425 e. The maximum atomic E-state index is 12.9. The number of nitrogens with zero attached hydrogens (tertiary/aromatic N) is 4. The number of halogens is 1. The van der Waals surface area contributed by atoms with Gasteiger partial charge in [0.1, 0.15) is 5.75 Å². The number of aryl methyl sites for hydroxylation is 1. The second kappa shape index (κ2) is 7.92. The average molecular weight is 471 g/mol. The third-order valence-corrected chi connectivity index (χ3v) is 5.33. The number of rotatable bonds is 5. The van der Waals surface area contributed by atoms with Crippen LogP contribution in [-0.2, 0) is 27.2 Å². The van der Waals surface area contributed by atoms with Gasteiger partial charge in [0.2, 0.25) is 0 Å². The van der Waals surface area contributed by atoms with Gasteiger partial charge in [0.15, 0.2) is 11.2 Å². The fourth-order valence-corrected chi connectivity index (χ4v) is 3.73. The summed E-state index contributed by atoms with van der Waals surface area (Å²) in [5.41, 5.74) is 1.21. The van der Waals surface area contributed by atoms with Crippen molar-refractivity contribution in [2.24, 2.45) is 14.1 Å². The van der Waals surface area contributed by atoms with E-state index < -0.39 is 11.2 Å². The second-order valence-electron chi connectivity index (χ2n) is 6.90. The Kier molecular flexibility index (Phi) is 5.31. The smallest absolute Gasteiger partial charge is 0.332 e. The number of fused-ring (bicyclic) bond motifs is 1. The zero-order chi connectivity index (χ0) is 21.4. The molecular formula is C21H19BrN4O4. The molecule has 2 heterocycles. The largest absolute Gasteiger partial charge is 0.425 e. The van der Waals surface area contributed by atoms with Crippen molar-refractivity contribution in [2.45, 2.75) is 13.2 Å². The highest BCUT2D eigenvalue weighted by molar-refractivity contribution is 9.10. The highest BCUT2D eigenvalue weighted by Gasteiger charge is 2.21. The van der Waals surface area contributed by atoms with Crippen molar-refractivity contribution in [2.75, 3.05) is 0 Å². The number of imidazole rings is 1. The van der Waals surface area contributed by atoms with Gasteiger partial charge in [0.05, 0.1) is 13.2 Å². The molecule has 30 heavy (non-hydrogen) atoms. The standard InChI is InChI=1S/C21H19BrN4O4/c1-24-18-17(19(28)25(2)21(24)29)26(11-13-5-3-7-15(22)9-13)20(23-18)30-16-8-4-6-14(10-16)12-27/h3-10,27H,11-12H2,1-2H3. The topological polar surface area (TPSA) is 91.3 Å². The van der Waals surface area contributed by atoms with Crippen LogP contribution in [0.4, 0.5) is 0 Å². The summed E-state index contributed by atoms with van der Waals surface area (Å²) in [6.45, 7) is 0.194. The lowest BCUT2D eigenvalue weighted by Crippen LogP contribution is -2.37. The van der Waals surface area contributed by atoms with Crippen LogP contribution in [0.2, 0.25) is 0 Å². The Morgan fingerprint density at radius 3 is 2.50 bits per heavy atom. The van der Waals surface area contributed by atoms with Gasteiger partial charge < -0.3 is 9.84 Å². The third-order valence-electron chi connectivity index (χ3n) is 4.83. The minimum absolute atomic E-state index is 0.124. The van der Waals surface area contributed by atoms with E-state index in [0.717, 1.165) is 14.6 Å². The maximum absolute atomic E-state index is 12.9. The lowest BCUT2D eigenvalue weighted by molar-refractivity contribution is 0.281. The molecule has 0 saturated carbocycles. The zero-order valence-corrected chi connectivity index (χ0v) is 18.0. The Bertz CT molecular complexity index is 1370. The zero-order valence-electron chi connectivity index (χ0n) is 16.4. The number of ether oxygens (including phenoxy) is 1. The molecule has 0 aliphatic carbocycles. The number of aliphatic hydroxyl groups excluding tert-OH is 1. The Morgan fingerprint density at radius 1 is 1.03 bits per heavy atom. The lowest BCUT2D eigenvalue weighted by Gasteiger charge is -2.11. The molecule has 0 bridgehead atoms. The van der Waals surface area contributed by atoms with Crippen LogP contribution >= 0.6 is 15.9 Å². The molecule has 0 aliphatic rings. The lowest BCUT2D eigenvalue weighted by atomic mass is 10.2. The van der Waals surface area contributed by atoms with E-state index in [1.54, 1.807) is 35.9 Å². The first-order chi connectivity index (χ1) is 14.4. The van der Waals surface area contributed by atoms with Crippen molar-refractivity contribution in [1.82, 2.24) is 18.7 Å². The quantitative estimate of drug-likeness (QED) is 0.483. The molecule has 154 valence electrons. The first kappa shape index (κ1) is 20.1. The van der Waals surface area contributed by atoms with E-state index in [1.165, 1.54) is 11.6 Å². The number of hydrogen-bond donors (Lipinski definition) is 1. The molecule has 0 radical (unpaired) electrons. The molecule has 0 fully saturated rings. The molecule has 0 atom stereocenters. The van der Waals surface area contributed by atoms with Crippen LogP contribution in [0.15, 0.2) is 62.6 Å². The fourth-order valence-electron chi connectivity index (χ4n) is 3.28. The van der Waals surface area contributed by atoms with E-state index in [1.807, 2.05) is 24.3 Å². The van der Waals surface area contributed by atoms with Gasteiger partial charge in [-0.3, -0.25) is 18.5 Å². The monoisotopic (exact) mass is 470 g/mol. The predicted octanol–water partition coefficient (Wildman–Crippen LogP) is 2.53. The van der Waals surface area contributed by atoms with Crippen LogP contribution in [0, 0.1) is 0 Å². The van der Waals surface area contributed by atoms with Gasteiger partial charge in [-0.25, -0.2) is 4.79 Å². The van der Waals surface area contributed by atoms with Crippen molar-refractivity contribution in [3.8, 4) is 11.8 Å². The van der Waals surface area contributed by atoms with Gasteiger partial charge in [0.25, 0.3) is 5.56 Å². The number of hydrogen-bond acceptors (Lipinski definition) is 5. The van der Waals surface area contributed by atoms with Crippen LogP contribution < -0.4 is 16.0 Å². The van der Waals surface area contributed by atoms with E-state index in [0.29, 0.717) is 17.9 Å². The minimum atomic E-state index is -0.464. The van der Waals surface area contributed by atoms with Crippen molar-refractivity contribution in [1.29, 1.82) is 0 Å². The molecule has 4 aromatic rings. The molecular weight excluding hydrogens is 452 g/mol. The van der Waals surface area contributed by atoms with Crippen LogP contribution in [0.1, 0.15) is 11.1 Å². The SMILES string of the molecule is Cn1c(=O)c2c(nc(Oc3cccc(CO)c3)n2Cc2cccc(Br)c2)n(C)c1=O. The summed E-state index contributed by atoms with van der Waals surface area (Å²) in [4.78, 5) is 29.8. The number of benzene rings is 2. The molecule has 0 spiro atoms. The van der Waals surface area contributed by atoms with Crippen molar-refractivity contribution in [3.05, 3.63) is 85.0 Å². The summed E-state index contributed by atoms with van der Waals surface area (Å²) in [6.07, 6.45) is 0. The van der Waals surface area contributed by atoms with Crippen LogP contribution in [0.3, 0.4) is 0 Å². The van der Waals surface area contributed by atoms with E-state index >= 15 is 0 Å². The molecule has 0 saturated heterocycles. The summed E-state index contributed by atoms with van der Waals surface area (Å²) >= 11 is 3.46. The molecule has 1 N–H and O–H groups in total. The second-order valence-corrected chi connectivity index (χ2v) is 7.81. The van der Waals surface area contributed by atoms with Gasteiger partial charge in [0, 0.05) is 18.6 Å². The molecule has 2 aromatic carbocycles. The van der Waals surface area contributed by atoms with Crippen molar-refractivity contribution < 1.29 is 9.84 Å².